The van der Waals surface area contributed by atoms with Crippen LogP contribution in [0.1, 0.15) is 36.9 Å². The maximum Gasteiger partial charge on any atom is 0.223 e. The third-order valence-electron chi connectivity index (χ3n) is 4.64. The molecule has 1 aromatic carbocycles. The first-order valence-electron chi connectivity index (χ1n) is 8.28. The van der Waals surface area contributed by atoms with Gasteiger partial charge in [-0.2, -0.15) is 5.10 Å². The van der Waals surface area contributed by atoms with Gasteiger partial charge in [-0.3, -0.25) is 9.89 Å². The Balaban J connectivity index is 1.69. The molecule has 1 aromatic heterocycles. The van der Waals surface area contributed by atoms with E-state index < -0.39 is 0 Å². The molecular weight excluding hydrogens is 288 g/mol. The van der Waals surface area contributed by atoms with E-state index in [1.54, 1.807) is 6.20 Å². The fourth-order valence-electron chi connectivity index (χ4n) is 3.29. The minimum Gasteiger partial charge on any atom is -0.332 e. The third kappa shape index (κ3) is 4.20. The van der Waals surface area contributed by atoms with Crippen LogP contribution in [0.25, 0.3) is 0 Å². The van der Waals surface area contributed by atoms with Crippen LogP contribution in [-0.2, 0) is 17.9 Å². The monoisotopic (exact) mass is 312 g/mol. The van der Waals surface area contributed by atoms with Gasteiger partial charge in [-0.05, 0) is 30.4 Å². The zero-order valence-corrected chi connectivity index (χ0v) is 13.3. The van der Waals surface area contributed by atoms with Crippen LogP contribution >= 0.6 is 0 Å². The van der Waals surface area contributed by atoms with E-state index in [-0.39, 0.29) is 11.9 Å². The number of aromatic nitrogens is 2. The zero-order chi connectivity index (χ0) is 16.1. The first kappa shape index (κ1) is 15.7. The van der Waals surface area contributed by atoms with Crippen molar-refractivity contribution in [2.45, 2.75) is 44.8 Å². The number of nitrogens with zero attached hydrogens (tertiary/aromatic N) is 2. The first-order chi connectivity index (χ1) is 11.2. The highest BCUT2D eigenvalue weighted by molar-refractivity contribution is 5.76. The minimum absolute atomic E-state index is 0.171. The molecule has 5 heteroatoms. The van der Waals surface area contributed by atoms with E-state index >= 15 is 0 Å². The van der Waals surface area contributed by atoms with Crippen molar-refractivity contribution < 1.29 is 4.79 Å². The number of hydrogen-bond donors (Lipinski definition) is 2. The van der Waals surface area contributed by atoms with Crippen molar-refractivity contribution in [3.63, 3.8) is 0 Å². The van der Waals surface area contributed by atoms with Gasteiger partial charge in [-0.1, -0.05) is 36.8 Å². The predicted octanol–water partition coefficient (Wildman–Crippen LogP) is 2.46. The Hall–Kier alpha value is -2.14. The molecule has 1 aliphatic carbocycles. The molecule has 0 saturated heterocycles. The van der Waals surface area contributed by atoms with Crippen LogP contribution in [0.5, 0.6) is 0 Å². The number of aromatic amines is 1. The van der Waals surface area contributed by atoms with Crippen LogP contribution in [0.3, 0.4) is 0 Å². The van der Waals surface area contributed by atoms with Gasteiger partial charge >= 0.3 is 0 Å². The molecular formula is C18H24N4O. The number of nitrogens with two attached hydrogens (primary N) is 1. The maximum atomic E-state index is 12.8. The molecule has 1 saturated carbocycles. The summed E-state index contributed by atoms with van der Waals surface area (Å²) >= 11 is 0. The molecule has 0 unspecified atom stereocenters. The summed E-state index contributed by atoms with van der Waals surface area (Å²) in [5.41, 5.74) is 8.21. The first-order valence-corrected chi connectivity index (χ1v) is 8.28. The molecule has 0 aliphatic heterocycles. The molecule has 2 atom stereocenters. The third-order valence-corrected chi connectivity index (χ3v) is 4.64. The number of carbonyl (C=O) groups is 1. The fourth-order valence-corrected chi connectivity index (χ4v) is 3.29. The molecule has 23 heavy (non-hydrogen) atoms. The van der Waals surface area contributed by atoms with E-state index in [2.05, 4.69) is 22.3 Å². The topological polar surface area (TPSA) is 75.0 Å². The summed E-state index contributed by atoms with van der Waals surface area (Å²) in [7, 11) is 0. The summed E-state index contributed by atoms with van der Waals surface area (Å²) in [5, 5.41) is 6.92. The molecule has 0 bridgehead atoms. The fraction of sp³-hybridized carbons (Fsp3) is 0.444. The van der Waals surface area contributed by atoms with Crippen LogP contribution in [-0.4, -0.2) is 27.0 Å². The zero-order valence-electron chi connectivity index (χ0n) is 13.3. The van der Waals surface area contributed by atoms with Gasteiger partial charge < -0.3 is 10.6 Å². The normalized spacial score (nSPS) is 20.6. The molecule has 1 aliphatic rings. The Morgan fingerprint density at radius 1 is 1.22 bits per heavy atom. The Kier molecular flexibility index (Phi) is 5.08. The molecule has 2 aromatic rings. The number of amides is 1. The molecule has 5 nitrogen and oxygen atoms in total. The molecule has 3 rings (SSSR count). The van der Waals surface area contributed by atoms with E-state index in [0.29, 0.717) is 25.4 Å². The number of benzene rings is 1. The van der Waals surface area contributed by atoms with Crippen molar-refractivity contribution in [1.29, 1.82) is 0 Å². The van der Waals surface area contributed by atoms with Crippen molar-refractivity contribution in [1.82, 2.24) is 15.1 Å². The van der Waals surface area contributed by atoms with Gasteiger partial charge in [0, 0.05) is 25.2 Å². The smallest absolute Gasteiger partial charge is 0.223 e. The standard InChI is InChI=1S/C18H24N4O/c19-17-8-4-7-15(17)11-18(23)22(13-16-9-10-20-21-16)12-14-5-2-1-3-6-14/h1-3,5-6,9-10,15,17H,4,7-8,11-13,19H2,(H,20,21)/t15-,17+/m0/s1. The molecule has 0 radical (unpaired) electrons. The number of hydrogen-bond acceptors (Lipinski definition) is 3. The second-order valence-corrected chi connectivity index (χ2v) is 6.38. The average molecular weight is 312 g/mol. The van der Waals surface area contributed by atoms with Crippen LogP contribution in [0.15, 0.2) is 42.6 Å². The summed E-state index contributed by atoms with van der Waals surface area (Å²) in [6.45, 7) is 1.16. The highest BCUT2D eigenvalue weighted by Crippen LogP contribution is 2.27. The lowest BCUT2D eigenvalue weighted by Gasteiger charge is -2.25. The Bertz CT molecular complexity index is 611. The van der Waals surface area contributed by atoms with E-state index in [1.165, 1.54) is 0 Å². The highest BCUT2D eigenvalue weighted by atomic mass is 16.2. The molecule has 1 heterocycles. The highest BCUT2D eigenvalue weighted by Gasteiger charge is 2.28. The second-order valence-electron chi connectivity index (χ2n) is 6.38. The Morgan fingerprint density at radius 2 is 2.04 bits per heavy atom. The largest absolute Gasteiger partial charge is 0.332 e. The van der Waals surface area contributed by atoms with Gasteiger partial charge in [0.2, 0.25) is 5.91 Å². The lowest BCUT2D eigenvalue weighted by Crippen LogP contribution is -2.34. The molecule has 1 fully saturated rings. The predicted molar refractivity (Wildman–Crippen MR) is 89.2 cm³/mol. The molecule has 122 valence electrons. The quantitative estimate of drug-likeness (QED) is 0.860. The summed E-state index contributed by atoms with van der Waals surface area (Å²) in [6, 6.07) is 12.2. The van der Waals surface area contributed by atoms with Crippen molar-refractivity contribution in [3.05, 3.63) is 53.9 Å². The summed E-state index contributed by atoms with van der Waals surface area (Å²) in [5.74, 6) is 0.494. The van der Waals surface area contributed by atoms with Crippen LogP contribution < -0.4 is 5.73 Å². The van der Waals surface area contributed by atoms with Gasteiger partial charge in [0.05, 0.1) is 12.2 Å². The van der Waals surface area contributed by atoms with Gasteiger partial charge in [-0.25, -0.2) is 0 Å². The summed E-state index contributed by atoms with van der Waals surface area (Å²) in [4.78, 5) is 14.7. The van der Waals surface area contributed by atoms with E-state index in [0.717, 1.165) is 30.5 Å². The lowest BCUT2D eigenvalue weighted by molar-refractivity contribution is -0.133. The molecule has 1 amide bonds. The second kappa shape index (κ2) is 7.42. The van der Waals surface area contributed by atoms with Gasteiger partial charge in [0.1, 0.15) is 0 Å². The van der Waals surface area contributed by atoms with E-state index in [9.17, 15) is 4.79 Å². The van der Waals surface area contributed by atoms with Crippen molar-refractivity contribution in [2.75, 3.05) is 0 Å². The summed E-state index contributed by atoms with van der Waals surface area (Å²) in [6.07, 6.45) is 5.50. The van der Waals surface area contributed by atoms with Crippen LogP contribution in [0.4, 0.5) is 0 Å². The maximum absolute atomic E-state index is 12.8. The van der Waals surface area contributed by atoms with Crippen molar-refractivity contribution in [2.24, 2.45) is 11.7 Å². The van der Waals surface area contributed by atoms with Gasteiger partial charge in [-0.15, -0.1) is 0 Å². The number of nitrogens with one attached hydrogen (secondary N) is 1. The van der Waals surface area contributed by atoms with Crippen molar-refractivity contribution in [3.8, 4) is 0 Å². The van der Waals surface area contributed by atoms with E-state index in [4.69, 9.17) is 5.73 Å². The van der Waals surface area contributed by atoms with E-state index in [1.807, 2.05) is 29.2 Å². The summed E-state index contributed by atoms with van der Waals surface area (Å²) < 4.78 is 0. The van der Waals surface area contributed by atoms with Crippen LogP contribution in [0.2, 0.25) is 0 Å². The Labute approximate surface area is 136 Å². The minimum atomic E-state index is 0.171. The van der Waals surface area contributed by atoms with Crippen molar-refractivity contribution >= 4 is 5.91 Å². The number of H-pyrrole nitrogens is 1. The lowest BCUT2D eigenvalue weighted by atomic mass is 9.99. The molecule has 3 N–H and O–H groups in total. The van der Waals surface area contributed by atoms with Crippen LogP contribution in [0, 0.1) is 5.92 Å². The SMILES string of the molecule is N[C@@H]1CCC[C@H]1CC(=O)N(Cc1ccccc1)Cc1ccn[nH]1. The Morgan fingerprint density at radius 3 is 2.70 bits per heavy atom. The average Bonchev–Trinajstić information content (AvgIpc) is 3.20. The molecule has 0 spiro atoms. The number of carbonyl (C=O) groups excluding carboxylic acids is 1. The van der Waals surface area contributed by atoms with Gasteiger partial charge in [0.25, 0.3) is 0 Å². The van der Waals surface area contributed by atoms with Gasteiger partial charge in [0.15, 0.2) is 0 Å². The number of rotatable bonds is 6.